The highest BCUT2D eigenvalue weighted by Crippen LogP contribution is 2.23. The summed E-state index contributed by atoms with van der Waals surface area (Å²) in [5, 5.41) is 2.89. The molecule has 0 aliphatic heterocycles. The highest BCUT2D eigenvalue weighted by atomic mass is 16.1. The van der Waals surface area contributed by atoms with Crippen molar-refractivity contribution in [2.45, 2.75) is 0 Å². The molecule has 1 aromatic carbocycles. The Morgan fingerprint density at radius 3 is 2.95 bits per heavy atom. The van der Waals surface area contributed by atoms with Crippen molar-refractivity contribution >= 4 is 28.3 Å². The van der Waals surface area contributed by atoms with Gasteiger partial charge in [-0.15, -0.1) is 0 Å². The number of anilines is 2. The smallest absolute Gasteiger partial charge is 0.255 e. The van der Waals surface area contributed by atoms with Crippen LogP contribution in [0.15, 0.2) is 43.0 Å². The monoisotopic (exact) mass is 281 g/mol. The van der Waals surface area contributed by atoms with Gasteiger partial charge in [-0.25, -0.2) is 4.98 Å². The molecule has 0 fully saturated rings. The minimum Gasteiger partial charge on any atom is -0.376 e. The summed E-state index contributed by atoms with van der Waals surface area (Å²) in [6.07, 6.45) is 4.95. The third-order valence-electron chi connectivity index (χ3n) is 3.21. The molecule has 106 valence electrons. The van der Waals surface area contributed by atoms with Crippen molar-refractivity contribution in [3.05, 3.63) is 48.5 Å². The van der Waals surface area contributed by atoms with Crippen LogP contribution in [0.2, 0.25) is 0 Å². The van der Waals surface area contributed by atoms with Crippen molar-refractivity contribution in [1.29, 1.82) is 0 Å². The first-order valence-corrected chi connectivity index (χ1v) is 6.51. The highest BCUT2D eigenvalue weighted by molar-refractivity contribution is 6.07. The number of hydrogen-bond acceptors (Lipinski definition) is 4. The van der Waals surface area contributed by atoms with E-state index in [0.717, 1.165) is 16.7 Å². The molecular formula is C15H15N5O. The van der Waals surface area contributed by atoms with Crippen molar-refractivity contribution in [3.63, 3.8) is 0 Å². The maximum absolute atomic E-state index is 12.4. The number of pyridine rings is 1. The van der Waals surface area contributed by atoms with Crippen LogP contribution < -0.4 is 10.2 Å². The molecule has 0 atom stereocenters. The van der Waals surface area contributed by atoms with Crippen molar-refractivity contribution in [1.82, 2.24) is 15.0 Å². The Kier molecular flexibility index (Phi) is 3.27. The molecule has 2 aromatic heterocycles. The Morgan fingerprint density at radius 1 is 1.29 bits per heavy atom. The number of nitrogens with zero attached hydrogens (tertiary/aromatic N) is 3. The van der Waals surface area contributed by atoms with E-state index in [0.29, 0.717) is 11.3 Å². The van der Waals surface area contributed by atoms with E-state index < -0.39 is 0 Å². The molecule has 21 heavy (non-hydrogen) atoms. The van der Waals surface area contributed by atoms with E-state index in [2.05, 4.69) is 20.3 Å². The SMILES string of the molecule is CN(C)c1ccncc1NC(=O)c1ccc2nc[nH]c2c1. The molecule has 6 heteroatoms. The number of benzene rings is 1. The van der Waals surface area contributed by atoms with Crippen LogP contribution in [0, 0.1) is 0 Å². The molecule has 0 aliphatic carbocycles. The van der Waals surface area contributed by atoms with Crippen molar-refractivity contribution < 1.29 is 4.79 Å². The molecule has 0 radical (unpaired) electrons. The number of hydrogen-bond donors (Lipinski definition) is 2. The van der Waals surface area contributed by atoms with E-state index in [1.54, 1.807) is 30.9 Å². The Morgan fingerprint density at radius 2 is 2.14 bits per heavy atom. The van der Waals surface area contributed by atoms with Gasteiger partial charge in [-0.3, -0.25) is 9.78 Å². The minimum atomic E-state index is -0.178. The van der Waals surface area contributed by atoms with Crippen molar-refractivity contribution in [2.24, 2.45) is 0 Å². The third-order valence-corrected chi connectivity index (χ3v) is 3.21. The molecule has 3 rings (SSSR count). The van der Waals surface area contributed by atoms with E-state index in [-0.39, 0.29) is 5.91 Å². The van der Waals surface area contributed by atoms with E-state index in [4.69, 9.17) is 0 Å². The second kappa shape index (κ2) is 5.24. The maximum Gasteiger partial charge on any atom is 0.255 e. The van der Waals surface area contributed by atoms with Gasteiger partial charge in [0, 0.05) is 25.9 Å². The van der Waals surface area contributed by atoms with Gasteiger partial charge >= 0.3 is 0 Å². The fourth-order valence-electron chi connectivity index (χ4n) is 2.14. The van der Waals surface area contributed by atoms with Gasteiger partial charge in [0.1, 0.15) is 0 Å². The molecular weight excluding hydrogens is 266 g/mol. The van der Waals surface area contributed by atoms with Gasteiger partial charge < -0.3 is 15.2 Å². The lowest BCUT2D eigenvalue weighted by Gasteiger charge is -2.17. The molecule has 0 bridgehead atoms. The fourth-order valence-corrected chi connectivity index (χ4v) is 2.14. The number of aromatic amines is 1. The van der Waals surface area contributed by atoms with Gasteiger partial charge in [0.15, 0.2) is 0 Å². The molecule has 2 heterocycles. The number of H-pyrrole nitrogens is 1. The van der Waals surface area contributed by atoms with E-state index in [1.807, 2.05) is 31.1 Å². The second-order valence-electron chi connectivity index (χ2n) is 4.88. The predicted molar refractivity (Wildman–Crippen MR) is 82.6 cm³/mol. The van der Waals surface area contributed by atoms with Crippen LogP contribution in [0.5, 0.6) is 0 Å². The van der Waals surface area contributed by atoms with Gasteiger partial charge in [0.2, 0.25) is 0 Å². The van der Waals surface area contributed by atoms with Crippen LogP contribution >= 0.6 is 0 Å². The van der Waals surface area contributed by atoms with Crippen LogP contribution in [-0.2, 0) is 0 Å². The number of fused-ring (bicyclic) bond motifs is 1. The standard InChI is InChI=1S/C15H15N5O/c1-20(2)14-5-6-16-8-13(14)19-15(21)10-3-4-11-12(7-10)18-9-17-11/h3-9H,1-2H3,(H,17,18)(H,19,21). The van der Waals surface area contributed by atoms with Crippen LogP contribution in [0.1, 0.15) is 10.4 Å². The summed E-state index contributed by atoms with van der Waals surface area (Å²) in [6, 6.07) is 7.21. The second-order valence-corrected chi connectivity index (χ2v) is 4.88. The lowest BCUT2D eigenvalue weighted by Crippen LogP contribution is -2.16. The van der Waals surface area contributed by atoms with Crippen LogP contribution in [0.4, 0.5) is 11.4 Å². The van der Waals surface area contributed by atoms with E-state index in [9.17, 15) is 4.79 Å². The maximum atomic E-state index is 12.4. The average molecular weight is 281 g/mol. The number of rotatable bonds is 3. The molecule has 0 saturated heterocycles. The van der Waals surface area contributed by atoms with Gasteiger partial charge in [-0.05, 0) is 24.3 Å². The molecule has 3 aromatic rings. The Labute approximate surface area is 121 Å². The quantitative estimate of drug-likeness (QED) is 0.772. The van der Waals surface area contributed by atoms with Crippen LogP contribution in [-0.4, -0.2) is 35.0 Å². The summed E-state index contributed by atoms with van der Waals surface area (Å²) in [4.78, 5) is 25.5. The zero-order valence-electron chi connectivity index (χ0n) is 11.8. The molecule has 0 saturated carbocycles. The predicted octanol–water partition coefficient (Wildman–Crippen LogP) is 2.28. The fraction of sp³-hybridized carbons (Fsp3) is 0.133. The first-order chi connectivity index (χ1) is 10.1. The molecule has 1 amide bonds. The normalized spacial score (nSPS) is 10.6. The molecule has 0 aliphatic rings. The number of aromatic nitrogens is 3. The van der Waals surface area contributed by atoms with Gasteiger partial charge in [-0.1, -0.05) is 0 Å². The summed E-state index contributed by atoms with van der Waals surface area (Å²) in [5.41, 5.74) is 3.82. The Hall–Kier alpha value is -2.89. The third kappa shape index (κ3) is 2.55. The molecule has 6 nitrogen and oxygen atoms in total. The summed E-state index contributed by atoms with van der Waals surface area (Å²) < 4.78 is 0. The summed E-state index contributed by atoms with van der Waals surface area (Å²) in [7, 11) is 3.84. The van der Waals surface area contributed by atoms with Crippen LogP contribution in [0.25, 0.3) is 11.0 Å². The summed E-state index contributed by atoms with van der Waals surface area (Å²) in [5.74, 6) is -0.178. The van der Waals surface area contributed by atoms with E-state index >= 15 is 0 Å². The van der Waals surface area contributed by atoms with E-state index in [1.165, 1.54) is 0 Å². The van der Waals surface area contributed by atoms with Gasteiger partial charge in [0.25, 0.3) is 5.91 Å². The van der Waals surface area contributed by atoms with Crippen molar-refractivity contribution in [2.75, 3.05) is 24.3 Å². The topological polar surface area (TPSA) is 73.9 Å². The highest BCUT2D eigenvalue weighted by Gasteiger charge is 2.11. The number of carbonyl (C=O) groups is 1. The molecule has 0 spiro atoms. The number of amides is 1. The zero-order valence-corrected chi connectivity index (χ0v) is 11.8. The van der Waals surface area contributed by atoms with Crippen molar-refractivity contribution in [3.8, 4) is 0 Å². The minimum absolute atomic E-state index is 0.178. The van der Waals surface area contributed by atoms with Gasteiger partial charge in [0.05, 0.1) is 34.9 Å². The number of nitrogens with one attached hydrogen (secondary N) is 2. The largest absolute Gasteiger partial charge is 0.376 e. The Bertz CT molecular complexity index is 793. The first-order valence-electron chi connectivity index (χ1n) is 6.51. The van der Waals surface area contributed by atoms with Gasteiger partial charge in [-0.2, -0.15) is 0 Å². The number of carbonyl (C=O) groups excluding carboxylic acids is 1. The van der Waals surface area contributed by atoms with Crippen LogP contribution in [0.3, 0.4) is 0 Å². The first kappa shape index (κ1) is 13.1. The lowest BCUT2D eigenvalue weighted by molar-refractivity contribution is 0.102. The lowest BCUT2D eigenvalue weighted by atomic mass is 10.2. The number of imidazole rings is 1. The average Bonchev–Trinajstić information content (AvgIpc) is 2.94. The zero-order chi connectivity index (χ0) is 14.8. The molecule has 0 unspecified atom stereocenters. The Balaban J connectivity index is 1.89. The summed E-state index contributed by atoms with van der Waals surface area (Å²) in [6.45, 7) is 0. The summed E-state index contributed by atoms with van der Waals surface area (Å²) >= 11 is 0. The molecule has 2 N–H and O–H groups in total.